The summed E-state index contributed by atoms with van der Waals surface area (Å²) >= 11 is 0. The van der Waals surface area contributed by atoms with Crippen molar-refractivity contribution >= 4 is 29.9 Å². The monoisotopic (exact) mass is 436 g/mol. The quantitative estimate of drug-likeness (QED) is 0.381. The van der Waals surface area contributed by atoms with Gasteiger partial charge in [-0.15, -0.1) is 24.0 Å². The van der Waals surface area contributed by atoms with Crippen molar-refractivity contribution < 1.29 is 4.74 Å². The van der Waals surface area contributed by atoms with E-state index in [0.717, 1.165) is 57.6 Å². The van der Waals surface area contributed by atoms with E-state index in [1.807, 2.05) is 0 Å². The van der Waals surface area contributed by atoms with Gasteiger partial charge in [-0.1, -0.05) is 0 Å². The number of likely N-dealkylation sites (tertiary alicyclic amines) is 1. The summed E-state index contributed by atoms with van der Waals surface area (Å²) in [5.74, 6) is 1.87. The summed E-state index contributed by atoms with van der Waals surface area (Å²) in [4.78, 5) is 7.63. The van der Waals surface area contributed by atoms with Gasteiger partial charge < -0.3 is 15.4 Å². The molecule has 0 atom stereocenters. The maximum atomic E-state index is 5.62. The van der Waals surface area contributed by atoms with Crippen LogP contribution >= 0.6 is 24.0 Å². The van der Waals surface area contributed by atoms with Crippen LogP contribution in [0.4, 0.5) is 0 Å². The third-order valence-corrected chi connectivity index (χ3v) is 5.33. The number of nitrogens with zero attached hydrogens (tertiary/aromatic N) is 2. The minimum Gasteiger partial charge on any atom is -0.381 e. The number of aliphatic imine (C=N–C) groups is 1. The molecule has 2 N–H and O–H groups in total. The standard InChI is InChI=1S/C17H32N4O.HI/c1-2-18-16(19-13-15-5-6-15)20-14-17(7-11-22-12-8-17)21-9-3-4-10-21;/h15H,2-14H2,1H3,(H2,18,19,20);1H. The Morgan fingerprint density at radius 3 is 2.48 bits per heavy atom. The van der Waals surface area contributed by atoms with Crippen LogP contribution in [0.25, 0.3) is 0 Å². The lowest BCUT2D eigenvalue weighted by atomic mass is 9.88. The van der Waals surface area contributed by atoms with Gasteiger partial charge in [0.25, 0.3) is 0 Å². The number of hydrogen-bond acceptors (Lipinski definition) is 3. The van der Waals surface area contributed by atoms with Gasteiger partial charge in [-0.3, -0.25) is 9.89 Å². The largest absolute Gasteiger partial charge is 0.381 e. The topological polar surface area (TPSA) is 48.9 Å². The van der Waals surface area contributed by atoms with E-state index < -0.39 is 0 Å². The van der Waals surface area contributed by atoms with Crippen LogP contribution in [-0.4, -0.2) is 62.3 Å². The first kappa shape index (κ1) is 19.2. The summed E-state index contributed by atoms with van der Waals surface area (Å²) in [5, 5.41) is 6.92. The average Bonchev–Trinajstić information content (AvgIpc) is 3.21. The van der Waals surface area contributed by atoms with Crippen LogP contribution in [0.15, 0.2) is 4.99 Å². The molecule has 3 aliphatic rings. The van der Waals surface area contributed by atoms with Gasteiger partial charge in [-0.05, 0) is 64.5 Å². The molecule has 3 fully saturated rings. The first-order valence-corrected chi connectivity index (χ1v) is 9.17. The lowest BCUT2D eigenvalue weighted by molar-refractivity contribution is -0.0139. The average molecular weight is 436 g/mol. The zero-order chi connectivity index (χ0) is 15.3. The molecule has 0 aromatic rings. The fraction of sp³-hybridized carbons (Fsp3) is 0.941. The van der Waals surface area contributed by atoms with Gasteiger partial charge in [0.1, 0.15) is 0 Å². The molecule has 0 unspecified atom stereocenters. The Labute approximate surface area is 158 Å². The predicted octanol–water partition coefficient (Wildman–Crippen LogP) is 2.21. The molecule has 0 spiro atoms. The van der Waals surface area contributed by atoms with Gasteiger partial charge in [0.2, 0.25) is 0 Å². The molecule has 0 amide bonds. The van der Waals surface area contributed by atoms with Crippen LogP contribution in [0.2, 0.25) is 0 Å². The summed E-state index contributed by atoms with van der Waals surface area (Å²) < 4.78 is 5.62. The molecule has 0 aromatic carbocycles. The maximum absolute atomic E-state index is 5.62. The molecule has 2 saturated heterocycles. The lowest BCUT2D eigenvalue weighted by Gasteiger charge is -2.43. The molecule has 1 saturated carbocycles. The van der Waals surface area contributed by atoms with Gasteiger partial charge in [0.15, 0.2) is 5.96 Å². The second kappa shape index (κ2) is 9.42. The molecule has 134 valence electrons. The number of halogens is 1. The first-order chi connectivity index (χ1) is 10.8. The summed E-state index contributed by atoms with van der Waals surface area (Å²) in [6.07, 6.45) is 7.68. The van der Waals surface area contributed by atoms with Crippen LogP contribution in [0, 0.1) is 5.92 Å². The summed E-state index contributed by atoms with van der Waals surface area (Å²) in [6.45, 7) is 9.29. The van der Waals surface area contributed by atoms with Gasteiger partial charge in [0.05, 0.1) is 6.54 Å². The SMILES string of the molecule is CCNC(=NCC1(N2CCCC2)CCOCC1)NCC1CC1.I. The smallest absolute Gasteiger partial charge is 0.191 e. The zero-order valence-electron chi connectivity index (χ0n) is 14.5. The van der Waals surface area contributed by atoms with Crippen LogP contribution in [-0.2, 0) is 4.74 Å². The number of guanidine groups is 1. The van der Waals surface area contributed by atoms with E-state index in [1.165, 1.54) is 38.8 Å². The Hall–Kier alpha value is -0.0800. The van der Waals surface area contributed by atoms with Crippen molar-refractivity contribution in [2.75, 3.05) is 45.9 Å². The fourth-order valence-electron chi connectivity index (χ4n) is 3.65. The Morgan fingerprint density at radius 1 is 1.17 bits per heavy atom. The molecule has 23 heavy (non-hydrogen) atoms. The number of rotatable bonds is 6. The van der Waals surface area contributed by atoms with Crippen molar-refractivity contribution in [3.8, 4) is 0 Å². The van der Waals surface area contributed by atoms with Crippen LogP contribution in [0.5, 0.6) is 0 Å². The van der Waals surface area contributed by atoms with Gasteiger partial charge in [-0.25, -0.2) is 0 Å². The van der Waals surface area contributed by atoms with Gasteiger partial charge in [0, 0.05) is 31.8 Å². The molecule has 0 bridgehead atoms. The van der Waals surface area contributed by atoms with Crippen molar-refractivity contribution in [2.24, 2.45) is 10.9 Å². The highest BCUT2D eigenvalue weighted by Crippen LogP contribution is 2.31. The Balaban J connectivity index is 0.00000192. The van der Waals surface area contributed by atoms with E-state index >= 15 is 0 Å². The molecule has 0 radical (unpaired) electrons. The molecule has 2 heterocycles. The third kappa shape index (κ3) is 5.46. The first-order valence-electron chi connectivity index (χ1n) is 9.17. The van der Waals surface area contributed by atoms with Crippen molar-refractivity contribution in [1.82, 2.24) is 15.5 Å². The Morgan fingerprint density at radius 2 is 1.87 bits per heavy atom. The normalized spacial score (nSPS) is 25.0. The molecular formula is C17H33IN4O. The molecule has 3 rings (SSSR count). The van der Waals surface area contributed by atoms with Gasteiger partial charge in [-0.2, -0.15) is 0 Å². The second-order valence-electron chi connectivity index (χ2n) is 7.05. The highest BCUT2D eigenvalue weighted by molar-refractivity contribution is 14.0. The predicted molar refractivity (Wildman–Crippen MR) is 106 cm³/mol. The summed E-state index contributed by atoms with van der Waals surface area (Å²) in [7, 11) is 0. The van der Waals surface area contributed by atoms with Crippen molar-refractivity contribution in [3.63, 3.8) is 0 Å². The highest BCUT2D eigenvalue weighted by atomic mass is 127. The zero-order valence-corrected chi connectivity index (χ0v) is 16.8. The van der Waals surface area contributed by atoms with E-state index in [0.29, 0.717) is 0 Å². The number of ether oxygens (including phenoxy) is 1. The van der Waals surface area contributed by atoms with E-state index in [-0.39, 0.29) is 29.5 Å². The molecule has 1 aliphatic carbocycles. The van der Waals surface area contributed by atoms with E-state index in [9.17, 15) is 0 Å². The maximum Gasteiger partial charge on any atom is 0.191 e. The van der Waals surface area contributed by atoms with Gasteiger partial charge >= 0.3 is 0 Å². The van der Waals surface area contributed by atoms with Crippen molar-refractivity contribution in [3.05, 3.63) is 0 Å². The van der Waals surface area contributed by atoms with Crippen LogP contribution < -0.4 is 10.6 Å². The van der Waals surface area contributed by atoms with Crippen LogP contribution in [0.1, 0.15) is 45.4 Å². The molecule has 0 aromatic heterocycles. The molecule has 2 aliphatic heterocycles. The van der Waals surface area contributed by atoms with Crippen molar-refractivity contribution in [2.45, 2.75) is 51.0 Å². The minimum atomic E-state index is 0. The Bertz CT molecular complexity index is 375. The highest BCUT2D eigenvalue weighted by Gasteiger charge is 2.39. The molecule has 5 nitrogen and oxygen atoms in total. The summed E-state index contributed by atoms with van der Waals surface area (Å²) in [6, 6.07) is 0. The minimum absolute atomic E-state index is 0. The van der Waals surface area contributed by atoms with Crippen molar-refractivity contribution in [1.29, 1.82) is 0 Å². The molecule has 6 heteroatoms. The Kier molecular flexibility index (Phi) is 7.88. The van der Waals surface area contributed by atoms with E-state index in [1.54, 1.807) is 0 Å². The lowest BCUT2D eigenvalue weighted by Crippen LogP contribution is -2.54. The summed E-state index contributed by atoms with van der Waals surface area (Å²) in [5.41, 5.74) is 0.233. The third-order valence-electron chi connectivity index (χ3n) is 5.33. The number of nitrogens with one attached hydrogen (secondary N) is 2. The van der Waals surface area contributed by atoms with E-state index in [2.05, 4.69) is 22.5 Å². The molecular weight excluding hydrogens is 403 g/mol. The number of hydrogen-bond donors (Lipinski definition) is 2. The second-order valence-corrected chi connectivity index (χ2v) is 7.05. The van der Waals surface area contributed by atoms with E-state index in [4.69, 9.17) is 9.73 Å². The fourth-order valence-corrected chi connectivity index (χ4v) is 3.65. The van der Waals surface area contributed by atoms with Crippen LogP contribution in [0.3, 0.4) is 0 Å².